The Bertz CT molecular complexity index is 609. The maximum absolute atomic E-state index is 12.3. The molecule has 1 unspecified atom stereocenters. The van der Waals surface area contributed by atoms with Gasteiger partial charge in [0.15, 0.2) is 5.82 Å². The molecular weight excluding hydrogens is 292 g/mol. The number of hydrogen-bond donors (Lipinski definition) is 2. The van der Waals surface area contributed by atoms with E-state index in [0.717, 1.165) is 24.8 Å². The topological polar surface area (TPSA) is 95.2 Å². The van der Waals surface area contributed by atoms with Gasteiger partial charge in [-0.05, 0) is 18.8 Å². The molecule has 118 valence electrons. The third kappa shape index (κ3) is 3.82. The first-order chi connectivity index (χ1) is 9.79. The predicted octanol–water partition coefficient (Wildman–Crippen LogP) is 1.29. The van der Waals surface area contributed by atoms with Crippen LogP contribution < -0.4 is 5.32 Å². The Balaban J connectivity index is 2.10. The zero-order valence-electron chi connectivity index (χ0n) is 12.6. The summed E-state index contributed by atoms with van der Waals surface area (Å²) in [5.74, 6) is 0.398. The van der Waals surface area contributed by atoms with Gasteiger partial charge in [0.05, 0.1) is 6.26 Å². The van der Waals surface area contributed by atoms with Crippen molar-refractivity contribution in [3.63, 3.8) is 0 Å². The molecule has 1 fully saturated rings. The minimum absolute atomic E-state index is 0.283. The van der Waals surface area contributed by atoms with Crippen LogP contribution in [0.2, 0.25) is 0 Å². The number of anilines is 1. The maximum atomic E-state index is 12.3. The molecule has 8 heteroatoms. The lowest BCUT2D eigenvalue weighted by molar-refractivity contribution is -0.120. The van der Waals surface area contributed by atoms with Crippen molar-refractivity contribution < 1.29 is 13.2 Å². The number of amides is 1. The van der Waals surface area contributed by atoms with Crippen LogP contribution in [0.3, 0.4) is 0 Å². The molecular formula is C13H22N4O3S. The van der Waals surface area contributed by atoms with Gasteiger partial charge in [-0.3, -0.25) is 9.89 Å². The van der Waals surface area contributed by atoms with Crippen molar-refractivity contribution in [2.24, 2.45) is 0 Å². The van der Waals surface area contributed by atoms with Gasteiger partial charge in [0.25, 0.3) is 0 Å². The molecule has 7 nitrogen and oxygen atoms in total. The summed E-state index contributed by atoms with van der Waals surface area (Å²) in [6, 6.07) is 1.13. The van der Waals surface area contributed by atoms with Gasteiger partial charge in [0.2, 0.25) is 15.9 Å². The van der Waals surface area contributed by atoms with Crippen LogP contribution in [-0.4, -0.2) is 47.7 Å². The average Bonchev–Trinajstić information content (AvgIpc) is 2.86. The number of carbonyl (C=O) groups excluding carboxylic acids is 1. The van der Waals surface area contributed by atoms with Crippen LogP contribution in [0.1, 0.15) is 44.7 Å². The number of rotatable bonds is 4. The molecule has 1 saturated heterocycles. The molecule has 1 atom stereocenters. The molecule has 1 aromatic heterocycles. The first-order valence-corrected chi connectivity index (χ1v) is 8.97. The fourth-order valence-electron chi connectivity index (χ4n) is 2.47. The van der Waals surface area contributed by atoms with E-state index in [4.69, 9.17) is 0 Å². The van der Waals surface area contributed by atoms with E-state index in [2.05, 4.69) is 15.5 Å². The highest BCUT2D eigenvalue weighted by atomic mass is 32.2. The predicted molar refractivity (Wildman–Crippen MR) is 80.5 cm³/mol. The number of aromatic nitrogens is 2. The summed E-state index contributed by atoms with van der Waals surface area (Å²) in [7, 11) is -3.38. The molecule has 0 radical (unpaired) electrons. The minimum Gasteiger partial charge on any atom is -0.308 e. The lowest BCUT2D eigenvalue weighted by Gasteiger charge is -2.32. The number of aromatic amines is 1. The highest BCUT2D eigenvalue weighted by molar-refractivity contribution is 7.88. The Hall–Kier alpha value is -1.41. The van der Waals surface area contributed by atoms with E-state index < -0.39 is 16.1 Å². The average molecular weight is 314 g/mol. The highest BCUT2D eigenvalue weighted by Crippen LogP contribution is 2.22. The number of piperidine rings is 1. The van der Waals surface area contributed by atoms with Crippen molar-refractivity contribution in [3.05, 3.63) is 11.8 Å². The quantitative estimate of drug-likeness (QED) is 0.875. The van der Waals surface area contributed by atoms with Gasteiger partial charge in [0, 0.05) is 18.3 Å². The van der Waals surface area contributed by atoms with E-state index in [1.54, 1.807) is 6.07 Å². The van der Waals surface area contributed by atoms with Crippen molar-refractivity contribution in [2.75, 3.05) is 18.1 Å². The number of nitrogens with one attached hydrogen (secondary N) is 2. The van der Waals surface area contributed by atoms with Crippen LogP contribution >= 0.6 is 0 Å². The zero-order chi connectivity index (χ0) is 15.6. The monoisotopic (exact) mass is 314 g/mol. The molecule has 2 N–H and O–H groups in total. The molecule has 0 aliphatic carbocycles. The largest absolute Gasteiger partial charge is 0.308 e. The lowest BCUT2D eigenvalue weighted by atomic mass is 10.0. The van der Waals surface area contributed by atoms with Crippen LogP contribution in [0, 0.1) is 0 Å². The summed E-state index contributed by atoms with van der Waals surface area (Å²) in [5, 5.41) is 9.59. The van der Waals surface area contributed by atoms with E-state index in [1.807, 2.05) is 13.8 Å². The molecule has 1 amide bonds. The summed E-state index contributed by atoms with van der Waals surface area (Å²) in [5.41, 5.74) is 0.925. The summed E-state index contributed by atoms with van der Waals surface area (Å²) < 4.78 is 24.8. The highest BCUT2D eigenvalue weighted by Gasteiger charge is 2.34. The molecule has 2 rings (SSSR count). The van der Waals surface area contributed by atoms with Crippen LogP contribution in [0.4, 0.5) is 5.82 Å². The number of sulfonamides is 1. The normalized spacial score (nSPS) is 20.7. The molecule has 1 aromatic rings. The zero-order valence-corrected chi connectivity index (χ0v) is 13.4. The summed E-state index contributed by atoms with van der Waals surface area (Å²) in [6.45, 7) is 4.44. The fourth-order valence-corrected chi connectivity index (χ4v) is 3.59. The van der Waals surface area contributed by atoms with Crippen molar-refractivity contribution in [1.29, 1.82) is 0 Å². The third-order valence-electron chi connectivity index (χ3n) is 3.65. The SMILES string of the molecule is CC(C)c1cc(NC(=O)C2CCCCN2S(C)(=O)=O)n[nH]1. The maximum Gasteiger partial charge on any atom is 0.244 e. The number of H-pyrrole nitrogens is 1. The second-order valence-corrected chi connectivity index (χ2v) is 7.67. The molecule has 0 aromatic carbocycles. The van der Waals surface area contributed by atoms with Gasteiger partial charge in [-0.25, -0.2) is 8.42 Å². The number of hydrogen-bond acceptors (Lipinski definition) is 4. The molecule has 21 heavy (non-hydrogen) atoms. The van der Waals surface area contributed by atoms with Gasteiger partial charge in [0.1, 0.15) is 6.04 Å². The Labute approximate surface area is 125 Å². The Morgan fingerprint density at radius 1 is 1.48 bits per heavy atom. The van der Waals surface area contributed by atoms with Crippen molar-refractivity contribution in [1.82, 2.24) is 14.5 Å². The lowest BCUT2D eigenvalue weighted by Crippen LogP contribution is -2.49. The van der Waals surface area contributed by atoms with Crippen LogP contribution in [0.15, 0.2) is 6.07 Å². The molecule has 1 aliphatic rings. The fraction of sp³-hybridized carbons (Fsp3) is 0.692. The van der Waals surface area contributed by atoms with E-state index in [-0.39, 0.29) is 11.8 Å². The van der Waals surface area contributed by atoms with Crippen LogP contribution in [-0.2, 0) is 14.8 Å². The van der Waals surface area contributed by atoms with Crippen LogP contribution in [0.25, 0.3) is 0 Å². The van der Waals surface area contributed by atoms with Gasteiger partial charge in [-0.15, -0.1) is 0 Å². The summed E-state index contributed by atoms with van der Waals surface area (Å²) in [4.78, 5) is 12.3. The standard InChI is InChI=1S/C13H22N4O3S/c1-9(2)10-8-12(16-15-10)14-13(18)11-6-4-5-7-17(11)21(3,19)20/h8-9,11H,4-7H2,1-3H3,(H2,14,15,16,18). The molecule has 1 aliphatic heterocycles. The Morgan fingerprint density at radius 3 is 2.76 bits per heavy atom. The Morgan fingerprint density at radius 2 is 2.19 bits per heavy atom. The van der Waals surface area contributed by atoms with Gasteiger partial charge >= 0.3 is 0 Å². The van der Waals surface area contributed by atoms with E-state index in [9.17, 15) is 13.2 Å². The van der Waals surface area contributed by atoms with Gasteiger partial charge < -0.3 is 5.32 Å². The van der Waals surface area contributed by atoms with Crippen molar-refractivity contribution in [2.45, 2.75) is 45.1 Å². The second kappa shape index (κ2) is 6.15. The summed E-state index contributed by atoms with van der Waals surface area (Å²) >= 11 is 0. The summed E-state index contributed by atoms with van der Waals surface area (Å²) in [6.07, 6.45) is 3.32. The van der Waals surface area contributed by atoms with E-state index >= 15 is 0 Å². The first-order valence-electron chi connectivity index (χ1n) is 7.12. The van der Waals surface area contributed by atoms with Crippen molar-refractivity contribution >= 4 is 21.7 Å². The first kappa shape index (κ1) is 16.0. The second-order valence-electron chi connectivity index (χ2n) is 5.74. The molecule has 2 heterocycles. The van der Waals surface area contributed by atoms with E-state index in [1.165, 1.54) is 4.31 Å². The smallest absolute Gasteiger partial charge is 0.244 e. The Kier molecular flexibility index (Phi) is 4.67. The van der Waals surface area contributed by atoms with Crippen molar-refractivity contribution in [3.8, 4) is 0 Å². The van der Waals surface area contributed by atoms with Gasteiger partial charge in [-0.1, -0.05) is 20.3 Å². The molecule has 0 spiro atoms. The number of carbonyl (C=O) groups is 1. The van der Waals surface area contributed by atoms with Crippen LogP contribution in [0.5, 0.6) is 0 Å². The van der Waals surface area contributed by atoms with E-state index in [0.29, 0.717) is 18.8 Å². The number of nitrogens with zero attached hydrogens (tertiary/aromatic N) is 2. The third-order valence-corrected chi connectivity index (χ3v) is 4.94. The molecule has 0 bridgehead atoms. The minimum atomic E-state index is -3.38. The van der Waals surface area contributed by atoms with Gasteiger partial charge in [-0.2, -0.15) is 9.40 Å². The molecule has 0 saturated carbocycles.